The molecule has 1 unspecified atom stereocenters. The lowest BCUT2D eigenvalue weighted by atomic mass is 9.52. The van der Waals surface area contributed by atoms with E-state index in [-0.39, 0.29) is 17.6 Å². The molecule has 1 spiro atoms. The van der Waals surface area contributed by atoms with Crippen LogP contribution in [0.2, 0.25) is 0 Å². The van der Waals surface area contributed by atoms with Crippen LogP contribution < -0.4 is 0 Å². The van der Waals surface area contributed by atoms with E-state index in [4.69, 9.17) is 4.74 Å². The van der Waals surface area contributed by atoms with E-state index in [1.54, 1.807) is 0 Å². The van der Waals surface area contributed by atoms with Crippen molar-refractivity contribution >= 4 is 6.09 Å². The smallest absolute Gasteiger partial charge is 0.410 e. The standard InChI is InChI=1S/C15H25NO3/c1-13(2,3)19-12(17)16-10-11(14(16)6-4-7-14)15(18)8-5-9-15/h11,18H,4-10H2,1-3H3. The topological polar surface area (TPSA) is 49.8 Å². The maximum atomic E-state index is 12.3. The number of hydrogen-bond donors (Lipinski definition) is 1. The molecule has 0 radical (unpaired) electrons. The number of ether oxygens (including phenoxy) is 1. The molecule has 3 fully saturated rings. The van der Waals surface area contributed by atoms with Crippen molar-refractivity contribution in [1.82, 2.24) is 4.90 Å². The third-order valence-corrected chi connectivity index (χ3v) is 5.25. The van der Waals surface area contributed by atoms with Gasteiger partial charge < -0.3 is 14.7 Å². The van der Waals surface area contributed by atoms with E-state index in [1.807, 2.05) is 25.7 Å². The number of hydrogen-bond acceptors (Lipinski definition) is 3. The van der Waals surface area contributed by atoms with E-state index in [1.165, 1.54) is 0 Å². The molecule has 1 amide bonds. The van der Waals surface area contributed by atoms with Gasteiger partial charge in [-0.15, -0.1) is 0 Å². The summed E-state index contributed by atoms with van der Waals surface area (Å²) >= 11 is 0. The van der Waals surface area contributed by atoms with E-state index in [0.29, 0.717) is 6.54 Å². The first kappa shape index (κ1) is 13.2. The summed E-state index contributed by atoms with van der Waals surface area (Å²) in [5.41, 5.74) is -1.03. The number of nitrogens with zero attached hydrogens (tertiary/aromatic N) is 1. The minimum atomic E-state index is -0.501. The SMILES string of the molecule is CC(C)(C)OC(=O)N1CC(C2(O)CCC2)C12CCC2. The summed E-state index contributed by atoms with van der Waals surface area (Å²) < 4.78 is 5.49. The predicted octanol–water partition coefficient (Wildman–Crippen LogP) is 2.69. The highest BCUT2D eigenvalue weighted by atomic mass is 16.6. The van der Waals surface area contributed by atoms with Gasteiger partial charge in [0.1, 0.15) is 5.60 Å². The largest absolute Gasteiger partial charge is 0.444 e. The monoisotopic (exact) mass is 267 g/mol. The van der Waals surface area contributed by atoms with E-state index in [9.17, 15) is 9.90 Å². The zero-order chi connectivity index (χ0) is 13.9. The van der Waals surface area contributed by atoms with Gasteiger partial charge in [0.25, 0.3) is 0 Å². The minimum Gasteiger partial charge on any atom is -0.444 e. The molecule has 1 N–H and O–H groups in total. The Morgan fingerprint density at radius 1 is 1.21 bits per heavy atom. The molecule has 4 nitrogen and oxygen atoms in total. The number of rotatable bonds is 1. The van der Waals surface area contributed by atoms with Crippen molar-refractivity contribution < 1.29 is 14.6 Å². The summed E-state index contributed by atoms with van der Waals surface area (Å²) in [7, 11) is 0. The first-order chi connectivity index (χ1) is 8.77. The van der Waals surface area contributed by atoms with Crippen LogP contribution in [-0.4, -0.2) is 39.4 Å². The summed E-state index contributed by atoms with van der Waals surface area (Å²) in [5, 5.41) is 10.6. The fourth-order valence-electron chi connectivity index (χ4n) is 3.90. The first-order valence-electron chi connectivity index (χ1n) is 7.50. The molecule has 3 aliphatic rings. The van der Waals surface area contributed by atoms with Crippen molar-refractivity contribution in [2.75, 3.05) is 6.54 Å². The summed E-state index contributed by atoms with van der Waals surface area (Å²) in [6, 6.07) is 0. The van der Waals surface area contributed by atoms with Crippen LogP contribution >= 0.6 is 0 Å². The summed E-state index contributed by atoms with van der Waals surface area (Å²) in [6.45, 7) is 6.37. The fraction of sp³-hybridized carbons (Fsp3) is 0.933. The second kappa shape index (κ2) is 3.87. The third-order valence-electron chi connectivity index (χ3n) is 5.25. The van der Waals surface area contributed by atoms with Crippen molar-refractivity contribution in [3.05, 3.63) is 0 Å². The zero-order valence-electron chi connectivity index (χ0n) is 12.2. The Morgan fingerprint density at radius 3 is 2.16 bits per heavy atom. The normalized spacial score (nSPS) is 31.2. The van der Waals surface area contributed by atoms with Crippen LogP contribution in [0.25, 0.3) is 0 Å². The molecule has 2 aliphatic carbocycles. The molecule has 1 atom stereocenters. The van der Waals surface area contributed by atoms with E-state index < -0.39 is 11.2 Å². The van der Waals surface area contributed by atoms with Crippen molar-refractivity contribution in [1.29, 1.82) is 0 Å². The molecule has 0 aromatic heterocycles. The molecule has 4 heteroatoms. The number of amides is 1. The number of carbonyl (C=O) groups is 1. The van der Waals surface area contributed by atoms with Gasteiger partial charge in [-0.3, -0.25) is 0 Å². The molecule has 1 heterocycles. The van der Waals surface area contributed by atoms with Gasteiger partial charge >= 0.3 is 6.09 Å². The molecule has 0 bridgehead atoms. The lowest BCUT2D eigenvalue weighted by Gasteiger charge is -2.68. The minimum absolute atomic E-state index is 0.0858. The number of likely N-dealkylation sites (tertiary alicyclic amines) is 1. The molecule has 0 aromatic carbocycles. The van der Waals surface area contributed by atoms with Gasteiger partial charge in [0, 0.05) is 12.5 Å². The Hall–Kier alpha value is -0.770. The average molecular weight is 267 g/mol. The van der Waals surface area contributed by atoms with E-state index in [0.717, 1.165) is 38.5 Å². The van der Waals surface area contributed by atoms with Gasteiger partial charge in [-0.2, -0.15) is 0 Å². The van der Waals surface area contributed by atoms with Gasteiger partial charge in [-0.05, 0) is 59.3 Å². The second-order valence-corrected chi connectivity index (χ2v) is 7.56. The Kier molecular flexibility index (Phi) is 2.70. The van der Waals surface area contributed by atoms with Crippen LogP contribution in [0.15, 0.2) is 0 Å². The van der Waals surface area contributed by atoms with Gasteiger partial charge in [0.15, 0.2) is 0 Å². The quantitative estimate of drug-likeness (QED) is 0.794. The Balaban J connectivity index is 1.71. The molecular weight excluding hydrogens is 242 g/mol. The molecule has 0 aromatic rings. The van der Waals surface area contributed by atoms with E-state index in [2.05, 4.69) is 0 Å². The van der Waals surface area contributed by atoms with Crippen LogP contribution in [0.5, 0.6) is 0 Å². The predicted molar refractivity (Wildman–Crippen MR) is 71.8 cm³/mol. The van der Waals surface area contributed by atoms with Crippen LogP contribution in [-0.2, 0) is 4.74 Å². The third kappa shape index (κ3) is 1.87. The molecule has 19 heavy (non-hydrogen) atoms. The highest BCUT2D eigenvalue weighted by Crippen LogP contribution is 2.58. The van der Waals surface area contributed by atoms with Gasteiger partial charge in [0.2, 0.25) is 0 Å². The molecule has 3 rings (SSSR count). The summed E-state index contributed by atoms with van der Waals surface area (Å²) in [6.07, 6.45) is 5.94. The Labute approximate surface area is 115 Å². The van der Waals surface area contributed by atoms with Crippen molar-refractivity contribution in [2.45, 2.75) is 76.0 Å². The highest BCUT2D eigenvalue weighted by molar-refractivity contribution is 5.71. The first-order valence-corrected chi connectivity index (χ1v) is 7.50. The van der Waals surface area contributed by atoms with Crippen LogP contribution in [0, 0.1) is 5.92 Å². The number of carbonyl (C=O) groups excluding carboxylic acids is 1. The van der Waals surface area contributed by atoms with Crippen molar-refractivity contribution in [3.8, 4) is 0 Å². The van der Waals surface area contributed by atoms with Crippen LogP contribution in [0.1, 0.15) is 59.3 Å². The second-order valence-electron chi connectivity index (χ2n) is 7.56. The fourth-order valence-corrected chi connectivity index (χ4v) is 3.90. The average Bonchev–Trinajstić information content (AvgIpc) is 2.07. The summed E-state index contributed by atoms with van der Waals surface area (Å²) in [5.74, 6) is 0.273. The van der Waals surface area contributed by atoms with Crippen LogP contribution in [0.4, 0.5) is 4.79 Å². The molecule has 108 valence electrons. The van der Waals surface area contributed by atoms with Crippen molar-refractivity contribution in [3.63, 3.8) is 0 Å². The van der Waals surface area contributed by atoms with Gasteiger partial charge in [-0.1, -0.05) is 0 Å². The zero-order valence-corrected chi connectivity index (χ0v) is 12.2. The van der Waals surface area contributed by atoms with Gasteiger partial charge in [0.05, 0.1) is 11.1 Å². The van der Waals surface area contributed by atoms with E-state index >= 15 is 0 Å². The lowest BCUT2D eigenvalue weighted by Crippen LogP contribution is -2.78. The molecule has 2 saturated carbocycles. The number of aliphatic hydroxyl groups is 1. The van der Waals surface area contributed by atoms with Gasteiger partial charge in [-0.25, -0.2) is 4.79 Å². The maximum Gasteiger partial charge on any atom is 0.410 e. The summed E-state index contributed by atoms with van der Waals surface area (Å²) in [4.78, 5) is 14.1. The molecule has 1 aliphatic heterocycles. The Morgan fingerprint density at radius 2 is 1.79 bits per heavy atom. The van der Waals surface area contributed by atoms with Crippen LogP contribution in [0.3, 0.4) is 0 Å². The maximum absolute atomic E-state index is 12.3. The highest BCUT2D eigenvalue weighted by Gasteiger charge is 2.66. The Bertz CT molecular complexity index is 391. The van der Waals surface area contributed by atoms with Crippen molar-refractivity contribution in [2.24, 2.45) is 5.92 Å². The lowest BCUT2D eigenvalue weighted by molar-refractivity contribution is -0.222. The molecular formula is C15H25NO3. The molecule has 1 saturated heterocycles.